The summed E-state index contributed by atoms with van der Waals surface area (Å²) in [7, 11) is 0. The Morgan fingerprint density at radius 1 is 1.15 bits per heavy atom. The van der Waals surface area contributed by atoms with Gasteiger partial charge in [0, 0.05) is 30.5 Å². The average molecular weight is 369 g/mol. The van der Waals surface area contributed by atoms with Crippen molar-refractivity contribution in [3.8, 4) is 5.75 Å². The number of ether oxygens (including phenoxy) is 2. The minimum atomic E-state index is -0.300. The Labute approximate surface area is 158 Å². The number of nitrogens with one attached hydrogen (secondary N) is 1. The molecule has 27 heavy (non-hydrogen) atoms. The number of carbonyl (C=O) groups excluding carboxylic acids is 2. The van der Waals surface area contributed by atoms with Crippen LogP contribution in [0.15, 0.2) is 42.6 Å². The van der Waals surface area contributed by atoms with Gasteiger partial charge in [0.05, 0.1) is 19.3 Å². The first kappa shape index (κ1) is 18.8. The Kier molecular flexibility index (Phi) is 6.03. The zero-order valence-corrected chi connectivity index (χ0v) is 15.5. The molecule has 1 N–H and O–H groups in total. The summed E-state index contributed by atoms with van der Waals surface area (Å²) in [5.41, 5.74) is 1.28. The van der Waals surface area contributed by atoms with Gasteiger partial charge in [-0.25, -0.2) is 0 Å². The number of amides is 2. The van der Waals surface area contributed by atoms with Crippen LogP contribution in [0.4, 0.5) is 5.69 Å². The van der Waals surface area contributed by atoms with Crippen molar-refractivity contribution in [2.45, 2.75) is 20.0 Å². The van der Waals surface area contributed by atoms with Crippen LogP contribution in [0, 0.1) is 0 Å². The van der Waals surface area contributed by atoms with Crippen molar-refractivity contribution in [3.05, 3.63) is 53.9 Å². The lowest BCUT2D eigenvalue weighted by molar-refractivity contribution is 0.0299. The summed E-state index contributed by atoms with van der Waals surface area (Å²) in [6, 6.07) is 10.3. The van der Waals surface area contributed by atoms with E-state index >= 15 is 0 Å². The molecule has 0 atom stereocenters. The molecule has 0 bridgehead atoms. The molecule has 1 saturated heterocycles. The number of hydrogen-bond donors (Lipinski definition) is 1. The van der Waals surface area contributed by atoms with Crippen molar-refractivity contribution >= 4 is 17.5 Å². The van der Waals surface area contributed by atoms with Gasteiger partial charge in [-0.3, -0.25) is 14.6 Å². The normalized spacial score (nSPS) is 14.1. The van der Waals surface area contributed by atoms with Crippen molar-refractivity contribution < 1.29 is 19.1 Å². The van der Waals surface area contributed by atoms with Gasteiger partial charge in [0.2, 0.25) is 0 Å². The number of hydrogen-bond acceptors (Lipinski definition) is 5. The molecule has 1 aromatic heterocycles. The quantitative estimate of drug-likeness (QED) is 0.876. The summed E-state index contributed by atoms with van der Waals surface area (Å²) in [4.78, 5) is 30.8. The fourth-order valence-electron chi connectivity index (χ4n) is 2.71. The Balaban J connectivity index is 1.67. The molecule has 0 unspecified atom stereocenters. The molecular formula is C20H23N3O4. The zero-order valence-electron chi connectivity index (χ0n) is 15.5. The molecule has 142 valence electrons. The van der Waals surface area contributed by atoms with E-state index in [4.69, 9.17) is 9.47 Å². The van der Waals surface area contributed by atoms with Crippen LogP contribution in [0.2, 0.25) is 0 Å². The highest BCUT2D eigenvalue weighted by Crippen LogP contribution is 2.18. The molecule has 2 aromatic rings. The molecular weight excluding hydrogens is 346 g/mol. The van der Waals surface area contributed by atoms with Crippen LogP contribution in [0.1, 0.15) is 34.7 Å². The lowest BCUT2D eigenvalue weighted by Gasteiger charge is -2.26. The van der Waals surface area contributed by atoms with E-state index in [0.29, 0.717) is 37.6 Å². The van der Waals surface area contributed by atoms with Gasteiger partial charge in [-0.1, -0.05) is 0 Å². The summed E-state index contributed by atoms with van der Waals surface area (Å²) >= 11 is 0. The topological polar surface area (TPSA) is 80.8 Å². The zero-order chi connectivity index (χ0) is 19.2. The summed E-state index contributed by atoms with van der Waals surface area (Å²) in [5.74, 6) is 0.249. The maximum atomic E-state index is 12.5. The van der Waals surface area contributed by atoms with Crippen molar-refractivity contribution in [1.82, 2.24) is 9.88 Å². The minimum Gasteiger partial charge on any atom is -0.491 e. The van der Waals surface area contributed by atoms with Crippen LogP contribution in [-0.2, 0) is 4.74 Å². The van der Waals surface area contributed by atoms with Gasteiger partial charge in [0.25, 0.3) is 11.8 Å². The van der Waals surface area contributed by atoms with Crippen molar-refractivity contribution in [2.24, 2.45) is 0 Å². The summed E-state index contributed by atoms with van der Waals surface area (Å²) in [6.45, 7) is 6.00. The predicted octanol–water partition coefficient (Wildman–Crippen LogP) is 2.59. The number of carbonyl (C=O) groups is 2. The lowest BCUT2D eigenvalue weighted by atomic mass is 10.2. The molecule has 1 fully saturated rings. The second-order valence-electron chi connectivity index (χ2n) is 6.48. The highest BCUT2D eigenvalue weighted by Gasteiger charge is 2.20. The number of aromatic nitrogens is 1. The van der Waals surface area contributed by atoms with Gasteiger partial charge in [-0.15, -0.1) is 0 Å². The van der Waals surface area contributed by atoms with E-state index in [-0.39, 0.29) is 23.6 Å². The number of anilines is 1. The van der Waals surface area contributed by atoms with Gasteiger partial charge in [0.15, 0.2) is 0 Å². The monoisotopic (exact) mass is 369 g/mol. The highest BCUT2D eigenvalue weighted by molar-refractivity contribution is 6.05. The van der Waals surface area contributed by atoms with Crippen molar-refractivity contribution in [2.75, 3.05) is 31.6 Å². The van der Waals surface area contributed by atoms with E-state index in [1.807, 2.05) is 13.8 Å². The van der Waals surface area contributed by atoms with Crippen molar-refractivity contribution in [3.63, 3.8) is 0 Å². The van der Waals surface area contributed by atoms with Gasteiger partial charge in [-0.05, 0) is 50.2 Å². The molecule has 3 rings (SSSR count). The van der Waals surface area contributed by atoms with E-state index in [0.717, 1.165) is 5.75 Å². The molecule has 0 saturated carbocycles. The van der Waals surface area contributed by atoms with Gasteiger partial charge in [-0.2, -0.15) is 0 Å². The minimum absolute atomic E-state index is 0.0877. The van der Waals surface area contributed by atoms with Crippen LogP contribution < -0.4 is 10.1 Å². The molecule has 0 spiro atoms. The number of morpholine rings is 1. The van der Waals surface area contributed by atoms with Gasteiger partial charge >= 0.3 is 0 Å². The smallest absolute Gasteiger partial charge is 0.272 e. The number of benzene rings is 1. The van der Waals surface area contributed by atoms with Crippen LogP contribution >= 0.6 is 0 Å². The van der Waals surface area contributed by atoms with Crippen LogP contribution in [0.25, 0.3) is 0 Å². The van der Waals surface area contributed by atoms with Crippen molar-refractivity contribution in [1.29, 1.82) is 0 Å². The average Bonchev–Trinajstić information content (AvgIpc) is 2.69. The molecule has 1 aromatic carbocycles. The number of pyridine rings is 1. The summed E-state index contributed by atoms with van der Waals surface area (Å²) < 4.78 is 10.8. The molecule has 2 amide bonds. The fourth-order valence-corrected chi connectivity index (χ4v) is 2.71. The Morgan fingerprint density at radius 3 is 2.52 bits per heavy atom. The lowest BCUT2D eigenvalue weighted by Crippen LogP contribution is -2.41. The third-order valence-corrected chi connectivity index (χ3v) is 4.02. The van der Waals surface area contributed by atoms with Crippen LogP contribution in [-0.4, -0.2) is 54.1 Å². The SMILES string of the molecule is CC(C)Oc1ccc(NC(=O)c2ccnc(C(=O)N3CCOCC3)c2)cc1. The highest BCUT2D eigenvalue weighted by atomic mass is 16.5. The third kappa shape index (κ3) is 5.04. The number of nitrogens with zero attached hydrogens (tertiary/aromatic N) is 2. The second-order valence-corrected chi connectivity index (χ2v) is 6.48. The Bertz CT molecular complexity index is 799. The third-order valence-electron chi connectivity index (χ3n) is 4.02. The first-order valence-electron chi connectivity index (χ1n) is 8.94. The molecule has 2 heterocycles. The van der Waals surface area contributed by atoms with E-state index < -0.39 is 0 Å². The predicted molar refractivity (Wildman–Crippen MR) is 101 cm³/mol. The van der Waals surface area contributed by atoms with Gasteiger partial charge < -0.3 is 19.7 Å². The van der Waals surface area contributed by atoms with Crippen LogP contribution in [0.5, 0.6) is 5.75 Å². The number of rotatable bonds is 5. The maximum absolute atomic E-state index is 12.5. The fraction of sp³-hybridized carbons (Fsp3) is 0.350. The molecule has 0 radical (unpaired) electrons. The first-order valence-corrected chi connectivity index (χ1v) is 8.94. The Morgan fingerprint density at radius 2 is 1.85 bits per heavy atom. The van der Waals surface area contributed by atoms with E-state index in [9.17, 15) is 9.59 Å². The largest absolute Gasteiger partial charge is 0.491 e. The van der Waals surface area contributed by atoms with E-state index in [2.05, 4.69) is 10.3 Å². The summed E-state index contributed by atoms with van der Waals surface area (Å²) in [6.07, 6.45) is 1.56. The molecule has 1 aliphatic rings. The molecule has 7 heteroatoms. The summed E-state index contributed by atoms with van der Waals surface area (Å²) in [5, 5.41) is 2.82. The maximum Gasteiger partial charge on any atom is 0.272 e. The van der Waals surface area contributed by atoms with E-state index in [1.165, 1.54) is 12.3 Å². The molecule has 7 nitrogen and oxygen atoms in total. The first-order chi connectivity index (χ1) is 13.0. The molecule has 0 aliphatic carbocycles. The van der Waals surface area contributed by atoms with Gasteiger partial charge in [0.1, 0.15) is 11.4 Å². The van der Waals surface area contributed by atoms with Crippen LogP contribution in [0.3, 0.4) is 0 Å². The second kappa shape index (κ2) is 8.64. The Hall–Kier alpha value is -2.93. The van der Waals surface area contributed by atoms with E-state index in [1.54, 1.807) is 35.2 Å². The molecule has 1 aliphatic heterocycles. The standard InChI is InChI=1S/C20H23N3O4/c1-14(2)27-17-5-3-16(4-6-17)22-19(24)15-7-8-21-18(13-15)20(25)23-9-11-26-12-10-23/h3-8,13-14H,9-12H2,1-2H3,(H,22,24).